The van der Waals surface area contributed by atoms with Crippen molar-refractivity contribution in [1.82, 2.24) is 10.2 Å². The van der Waals surface area contributed by atoms with Crippen LogP contribution in [0.15, 0.2) is 0 Å². The standard InChI is InChI=1S/C17H34N2O/c1-17(2,9-12-20-3)14-19-11-10-18-16(13-19)15-7-5-4-6-8-15/h15-16,18H,4-14H2,1-3H3. The number of piperazine rings is 1. The average Bonchev–Trinajstić information content (AvgIpc) is 2.46. The summed E-state index contributed by atoms with van der Waals surface area (Å²) in [6.07, 6.45) is 8.39. The fourth-order valence-electron chi connectivity index (χ4n) is 3.90. The van der Waals surface area contributed by atoms with Gasteiger partial charge in [-0.25, -0.2) is 0 Å². The summed E-state index contributed by atoms with van der Waals surface area (Å²) in [5.74, 6) is 0.925. The Kier molecular flexibility index (Phi) is 6.31. The van der Waals surface area contributed by atoms with Gasteiger partial charge in [-0.2, -0.15) is 0 Å². The van der Waals surface area contributed by atoms with E-state index in [1.54, 1.807) is 7.11 Å². The Hall–Kier alpha value is -0.120. The van der Waals surface area contributed by atoms with Gasteiger partial charge in [-0.1, -0.05) is 33.1 Å². The van der Waals surface area contributed by atoms with Gasteiger partial charge < -0.3 is 10.1 Å². The number of hydrogen-bond donors (Lipinski definition) is 1. The van der Waals surface area contributed by atoms with Gasteiger partial charge in [0, 0.05) is 45.9 Å². The van der Waals surface area contributed by atoms with Crippen molar-refractivity contribution in [1.29, 1.82) is 0 Å². The minimum Gasteiger partial charge on any atom is -0.385 e. The molecule has 0 aromatic heterocycles. The zero-order valence-electron chi connectivity index (χ0n) is 13.8. The molecule has 0 aromatic rings. The highest BCUT2D eigenvalue weighted by molar-refractivity contribution is 4.87. The fourth-order valence-corrected chi connectivity index (χ4v) is 3.90. The molecule has 1 heterocycles. The number of nitrogens with one attached hydrogen (secondary N) is 1. The summed E-state index contributed by atoms with van der Waals surface area (Å²) in [5.41, 5.74) is 0.366. The fraction of sp³-hybridized carbons (Fsp3) is 1.00. The summed E-state index contributed by atoms with van der Waals surface area (Å²) in [6.45, 7) is 10.5. The molecule has 0 radical (unpaired) electrons. The van der Waals surface area contributed by atoms with Crippen molar-refractivity contribution in [2.45, 2.75) is 58.4 Å². The van der Waals surface area contributed by atoms with Crippen molar-refractivity contribution in [3.8, 4) is 0 Å². The Morgan fingerprint density at radius 3 is 2.65 bits per heavy atom. The van der Waals surface area contributed by atoms with Gasteiger partial charge in [-0.3, -0.25) is 4.90 Å². The molecule has 1 aliphatic carbocycles. The molecule has 2 fully saturated rings. The molecular weight excluding hydrogens is 248 g/mol. The van der Waals surface area contributed by atoms with E-state index in [1.165, 1.54) is 58.3 Å². The quantitative estimate of drug-likeness (QED) is 0.811. The third-order valence-corrected chi connectivity index (χ3v) is 5.14. The Labute approximate surface area is 125 Å². The first-order valence-corrected chi connectivity index (χ1v) is 8.55. The Bertz CT molecular complexity index is 274. The zero-order chi connectivity index (χ0) is 14.4. The molecule has 0 amide bonds. The number of rotatable bonds is 6. The zero-order valence-corrected chi connectivity index (χ0v) is 13.8. The van der Waals surface area contributed by atoms with E-state index in [2.05, 4.69) is 24.1 Å². The van der Waals surface area contributed by atoms with Crippen LogP contribution in [-0.2, 0) is 4.74 Å². The maximum Gasteiger partial charge on any atom is 0.0467 e. The number of ether oxygens (including phenoxy) is 1. The molecule has 3 nitrogen and oxygen atoms in total. The second-order valence-electron chi connectivity index (χ2n) is 7.60. The van der Waals surface area contributed by atoms with Gasteiger partial charge in [0.05, 0.1) is 0 Å². The highest BCUT2D eigenvalue weighted by atomic mass is 16.5. The molecule has 20 heavy (non-hydrogen) atoms. The molecule has 1 saturated heterocycles. The molecule has 1 N–H and O–H groups in total. The van der Waals surface area contributed by atoms with E-state index in [4.69, 9.17) is 4.74 Å². The van der Waals surface area contributed by atoms with Crippen LogP contribution in [0.25, 0.3) is 0 Å². The highest BCUT2D eigenvalue weighted by Gasteiger charge is 2.30. The molecule has 3 heteroatoms. The second-order valence-corrected chi connectivity index (χ2v) is 7.60. The van der Waals surface area contributed by atoms with Crippen LogP contribution in [0, 0.1) is 11.3 Å². The van der Waals surface area contributed by atoms with Gasteiger partial charge >= 0.3 is 0 Å². The van der Waals surface area contributed by atoms with Crippen LogP contribution in [0.3, 0.4) is 0 Å². The van der Waals surface area contributed by atoms with Crippen molar-refractivity contribution in [3.05, 3.63) is 0 Å². The highest BCUT2D eigenvalue weighted by Crippen LogP contribution is 2.29. The van der Waals surface area contributed by atoms with Gasteiger partial charge in [-0.15, -0.1) is 0 Å². The summed E-state index contributed by atoms with van der Waals surface area (Å²) in [4.78, 5) is 2.69. The van der Waals surface area contributed by atoms with E-state index in [0.29, 0.717) is 5.41 Å². The first-order valence-electron chi connectivity index (χ1n) is 8.55. The van der Waals surface area contributed by atoms with Crippen molar-refractivity contribution in [3.63, 3.8) is 0 Å². The average molecular weight is 282 g/mol. The van der Waals surface area contributed by atoms with Crippen molar-refractivity contribution >= 4 is 0 Å². The van der Waals surface area contributed by atoms with E-state index in [9.17, 15) is 0 Å². The summed E-state index contributed by atoms with van der Waals surface area (Å²) in [6, 6.07) is 0.738. The Morgan fingerprint density at radius 1 is 1.20 bits per heavy atom. The van der Waals surface area contributed by atoms with Gasteiger partial charge in [0.25, 0.3) is 0 Å². The van der Waals surface area contributed by atoms with E-state index < -0.39 is 0 Å². The maximum atomic E-state index is 5.25. The van der Waals surface area contributed by atoms with Crippen LogP contribution in [0.2, 0.25) is 0 Å². The molecule has 0 aromatic carbocycles. The van der Waals surface area contributed by atoms with Gasteiger partial charge in [0.15, 0.2) is 0 Å². The summed E-state index contributed by atoms with van der Waals surface area (Å²) >= 11 is 0. The van der Waals surface area contributed by atoms with E-state index >= 15 is 0 Å². The monoisotopic (exact) mass is 282 g/mol. The smallest absolute Gasteiger partial charge is 0.0467 e. The third kappa shape index (κ3) is 5.01. The first-order chi connectivity index (χ1) is 9.61. The maximum absolute atomic E-state index is 5.25. The predicted octanol–water partition coefficient (Wildman–Crippen LogP) is 2.90. The number of hydrogen-bond acceptors (Lipinski definition) is 3. The SMILES string of the molecule is COCCC(C)(C)CN1CCNC(C2CCCCC2)C1. The third-order valence-electron chi connectivity index (χ3n) is 5.14. The topological polar surface area (TPSA) is 24.5 Å². The van der Waals surface area contributed by atoms with E-state index in [0.717, 1.165) is 25.0 Å². The lowest BCUT2D eigenvalue weighted by Crippen LogP contribution is -2.55. The van der Waals surface area contributed by atoms with Crippen LogP contribution >= 0.6 is 0 Å². The molecule has 1 saturated carbocycles. The minimum absolute atomic E-state index is 0.366. The number of methoxy groups -OCH3 is 1. The van der Waals surface area contributed by atoms with Gasteiger partial charge in [0.2, 0.25) is 0 Å². The normalized spacial score (nSPS) is 26.9. The van der Waals surface area contributed by atoms with Gasteiger partial charge in [-0.05, 0) is 30.6 Å². The molecule has 1 unspecified atom stereocenters. The molecule has 2 aliphatic rings. The van der Waals surface area contributed by atoms with Crippen LogP contribution < -0.4 is 5.32 Å². The van der Waals surface area contributed by atoms with Crippen molar-refractivity contribution in [2.24, 2.45) is 11.3 Å². The molecule has 2 rings (SSSR count). The molecule has 0 bridgehead atoms. The summed E-state index contributed by atoms with van der Waals surface area (Å²) in [7, 11) is 1.81. The molecule has 0 spiro atoms. The summed E-state index contributed by atoms with van der Waals surface area (Å²) in [5, 5.41) is 3.78. The molecular formula is C17H34N2O. The number of nitrogens with zero attached hydrogens (tertiary/aromatic N) is 1. The van der Waals surface area contributed by atoms with Crippen molar-refractivity contribution in [2.75, 3.05) is 39.9 Å². The van der Waals surface area contributed by atoms with Crippen molar-refractivity contribution < 1.29 is 4.74 Å². The van der Waals surface area contributed by atoms with Crippen LogP contribution in [0.5, 0.6) is 0 Å². The second kappa shape index (κ2) is 7.77. The largest absolute Gasteiger partial charge is 0.385 e. The Balaban J connectivity index is 1.80. The van der Waals surface area contributed by atoms with Crippen LogP contribution in [0.4, 0.5) is 0 Å². The minimum atomic E-state index is 0.366. The molecule has 118 valence electrons. The lowest BCUT2D eigenvalue weighted by Gasteiger charge is -2.42. The van der Waals surface area contributed by atoms with E-state index in [1.807, 2.05) is 0 Å². The first kappa shape index (κ1) is 16.3. The van der Waals surface area contributed by atoms with E-state index in [-0.39, 0.29) is 0 Å². The lowest BCUT2D eigenvalue weighted by molar-refractivity contribution is 0.0845. The van der Waals surface area contributed by atoms with Crippen LogP contribution in [0.1, 0.15) is 52.4 Å². The molecule has 1 aliphatic heterocycles. The predicted molar refractivity (Wildman–Crippen MR) is 85.1 cm³/mol. The Morgan fingerprint density at radius 2 is 1.95 bits per heavy atom. The van der Waals surface area contributed by atoms with Crippen LogP contribution in [-0.4, -0.2) is 50.8 Å². The summed E-state index contributed by atoms with van der Waals surface area (Å²) < 4.78 is 5.25. The molecule has 1 atom stereocenters. The van der Waals surface area contributed by atoms with Gasteiger partial charge in [0.1, 0.15) is 0 Å². The lowest BCUT2D eigenvalue weighted by atomic mass is 9.82.